The number of benzene rings is 5. The molecule has 7 rings (SSSR count). The maximum atomic E-state index is 3.81. The molecule has 2 nitrogen and oxygen atoms in total. The maximum absolute atomic E-state index is 3.81. The summed E-state index contributed by atoms with van der Waals surface area (Å²) in [4.78, 5) is 2.38. The largest absolute Gasteiger partial charge is 0.347 e. The van der Waals surface area contributed by atoms with E-state index in [9.17, 15) is 0 Å². The number of hydrogen-bond acceptors (Lipinski definition) is 1. The number of likely N-dealkylation sites (N-methyl/N-ethyl adjacent to an activating group) is 1. The second-order valence-corrected chi connectivity index (χ2v) is 13.7. The molecule has 5 aromatic carbocycles. The van der Waals surface area contributed by atoms with Crippen LogP contribution in [0, 0.1) is 0 Å². The zero-order chi connectivity index (χ0) is 30.5. The summed E-state index contributed by atoms with van der Waals surface area (Å²) in [6.07, 6.45) is 8.83. The monoisotopic (exact) mass is 637 g/mol. The van der Waals surface area contributed by atoms with Crippen molar-refractivity contribution >= 4 is 43.8 Å². The Hall–Kier alpha value is -4.21. The lowest BCUT2D eigenvalue weighted by atomic mass is 9.69. The van der Waals surface area contributed by atoms with Crippen LogP contribution in [0.2, 0.25) is 0 Å². The van der Waals surface area contributed by atoms with E-state index in [0.717, 1.165) is 17.3 Å². The van der Waals surface area contributed by atoms with Gasteiger partial charge in [0, 0.05) is 46.0 Å². The standard InChI is InChI=1S/C41H38BrN2/c1-40(2)37(44(4)36-24-22-31-18-11-12-19-33(31)39(36)40)20-13-21-38-41(27-29-14-7-5-8-15-29,28-30-16-9-6-10-17-30)34-26-32(42)23-25-35(34)43(38)3/h5-26H,27-28H2,1-4H3/q+1. The van der Waals surface area contributed by atoms with E-state index in [-0.39, 0.29) is 10.8 Å². The van der Waals surface area contributed by atoms with Gasteiger partial charge in [-0.1, -0.05) is 127 Å². The van der Waals surface area contributed by atoms with Crippen molar-refractivity contribution in [1.29, 1.82) is 0 Å². The minimum atomic E-state index is -0.234. The lowest BCUT2D eigenvalue weighted by molar-refractivity contribution is -0.401. The minimum absolute atomic E-state index is 0.124. The summed E-state index contributed by atoms with van der Waals surface area (Å²) < 4.78 is 3.52. The highest BCUT2D eigenvalue weighted by molar-refractivity contribution is 9.10. The van der Waals surface area contributed by atoms with Crippen LogP contribution in [0.25, 0.3) is 10.8 Å². The summed E-state index contributed by atoms with van der Waals surface area (Å²) in [7, 11) is 4.43. The number of anilines is 1. The third-order valence-electron chi connectivity index (χ3n) is 9.79. The van der Waals surface area contributed by atoms with Gasteiger partial charge in [0.15, 0.2) is 5.71 Å². The van der Waals surface area contributed by atoms with Crippen LogP contribution in [-0.2, 0) is 23.7 Å². The summed E-state index contributed by atoms with van der Waals surface area (Å²) in [5, 5.41) is 2.63. The van der Waals surface area contributed by atoms with Gasteiger partial charge in [-0.05, 0) is 64.6 Å². The predicted octanol–water partition coefficient (Wildman–Crippen LogP) is 9.92. The van der Waals surface area contributed by atoms with Crippen LogP contribution in [0.4, 0.5) is 11.4 Å². The van der Waals surface area contributed by atoms with Gasteiger partial charge in [-0.3, -0.25) is 0 Å². The first-order chi connectivity index (χ1) is 21.3. The number of fused-ring (bicyclic) bond motifs is 4. The van der Waals surface area contributed by atoms with Gasteiger partial charge in [0.1, 0.15) is 7.05 Å². The molecule has 5 aromatic rings. The number of halogens is 1. The average molecular weight is 639 g/mol. The van der Waals surface area contributed by atoms with Crippen LogP contribution in [0.15, 0.2) is 144 Å². The Morgan fingerprint density at radius 1 is 0.773 bits per heavy atom. The third-order valence-corrected chi connectivity index (χ3v) is 10.3. The lowest BCUT2D eigenvalue weighted by Crippen LogP contribution is -2.39. The number of nitrogens with zero attached hydrogens (tertiary/aromatic N) is 2. The van der Waals surface area contributed by atoms with Gasteiger partial charge in [-0.25, -0.2) is 0 Å². The molecule has 0 aromatic heterocycles. The molecule has 0 amide bonds. The second kappa shape index (κ2) is 11.1. The first-order valence-electron chi connectivity index (χ1n) is 15.4. The van der Waals surface area contributed by atoms with Crippen LogP contribution >= 0.6 is 15.9 Å². The number of allylic oxidation sites excluding steroid dienone is 4. The molecule has 0 spiro atoms. The lowest BCUT2D eigenvalue weighted by Gasteiger charge is -2.28. The van der Waals surface area contributed by atoms with E-state index in [0.29, 0.717) is 0 Å². The fourth-order valence-corrected chi connectivity index (χ4v) is 8.15. The molecular formula is C41H38BrN2+. The van der Waals surface area contributed by atoms with Crippen LogP contribution in [-0.4, -0.2) is 24.4 Å². The molecule has 2 aliphatic heterocycles. The van der Waals surface area contributed by atoms with Gasteiger partial charge in [-0.2, -0.15) is 4.58 Å². The summed E-state index contributed by atoms with van der Waals surface area (Å²) in [5.41, 5.74) is 10.3. The Balaban J connectivity index is 1.36. The molecular weight excluding hydrogens is 600 g/mol. The van der Waals surface area contributed by atoms with Crippen LogP contribution in [0.1, 0.15) is 36.1 Å². The predicted molar refractivity (Wildman–Crippen MR) is 190 cm³/mol. The van der Waals surface area contributed by atoms with Gasteiger partial charge >= 0.3 is 0 Å². The molecule has 44 heavy (non-hydrogen) atoms. The number of rotatable bonds is 6. The topological polar surface area (TPSA) is 6.25 Å². The molecule has 0 atom stereocenters. The van der Waals surface area contributed by atoms with Crippen molar-refractivity contribution in [2.75, 3.05) is 19.0 Å². The molecule has 0 saturated carbocycles. The summed E-state index contributed by atoms with van der Waals surface area (Å²) in [6.45, 7) is 4.72. The Kier molecular flexibility index (Phi) is 7.17. The molecule has 0 N–H and O–H groups in total. The quantitative estimate of drug-likeness (QED) is 0.168. The van der Waals surface area contributed by atoms with Gasteiger partial charge < -0.3 is 4.90 Å². The first kappa shape index (κ1) is 28.6. The number of hydrogen-bond donors (Lipinski definition) is 0. The van der Waals surface area contributed by atoms with Gasteiger partial charge in [0.2, 0.25) is 5.69 Å². The van der Waals surface area contributed by atoms with Crippen molar-refractivity contribution in [3.05, 3.63) is 166 Å². The van der Waals surface area contributed by atoms with E-state index < -0.39 is 0 Å². The van der Waals surface area contributed by atoms with Crippen molar-refractivity contribution in [2.45, 2.75) is 37.5 Å². The van der Waals surface area contributed by atoms with Gasteiger partial charge in [0.25, 0.3) is 0 Å². The molecule has 0 fully saturated rings. The van der Waals surface area contributed by atoms with Crippen molar-refractivity contribution in [2.24, 2.45) is 0 Å². The van der Waals surface area contributed by atoms with Crippen molar-refractivity contribution < 1.29 is 4.58 Å². The zero-order valence-corrected chi connectivity index (χ0v) is 27.5. The second-order valence-electron chi connectivity index (χ2n) is 12.8. The average Bonchev–Trinajstić information content (AvgIpc) is 3.36. The molecule has 218 valence electrons. The molecule has 0 saturated heterocycles. The van der Waals surface area contributed by atoms with Crippen LogP contribution < -0.4 is 4.90 Å². The molecule has 3 heteroatoms. The molecule has 0 unspecified atom stereocenters. The maximum Gasteiger partial charge on any atom is 0.209 e. The van der Waals surface area contributed by atoms with E-state index in [1.807, 2.05) is 0 Å². The van der Waals surface area contributed by atoms with Crippen molar-refractivity contribution in [1.82, 2.24) is 0 Å². The van der Waals surface area contributed by atoms with E-state index in [1.165, 1.54) is 55.8 Å². The highest BCUT2D eigenvalue weighted by atomic mass is 79.9. The Bertz CT molecular complexity index is 1920. The van der Waals surface area contributed by atoms with Crippen LogP contribution in [0.5, 0.6) is 0 Å². The fraction of sp³-hybridized carbons (Fsp3) is 0.195. The Morgan fingerprint density at radius 3 is 2.09 bits per heavy atom. The Morgan fingerprint density at radius 2 is 1.41 bits per heavy atom. The van der Waals surface area contributed by atoms with Gasteiger partial charge in [-0.15, -0.1) is 0 Å². The van der Waals surface area contributed by atoms with Crippen LogP contribution in [0.3, 0.4) is 0 Å². The van der Waals surface area contributed by atoms with E-state index in [4.69, 9.17) is 0 Å². The fourth-order valence-electron chi connectivity index (χ4n) is 7.79. The summed E-state index contributed by atoms with van der Waals surface area (Å²) in [5.74, 6) is 0. The Labute approximate surface area is 269 Å². The van der Waals surface area contributed by atoms with Crippen molar-refractivity contribution in [3.63, 3.8) is 0 Å². The highest BCUT2D eigenvalue weighted by Gasteiger charge is 2.50. The zero-order valence-electron chi connectivity index (χ0n) is 25.9. The minimum Gasteiger partial charge on any atom is -0.347 e. The third kappa shape index (κ3) is 4.66. The summed E-state index contributed by atoms with van der Waals surface area (Å²) >= 11 is 3.81. The van der Waals surface area contributed by atoms with Gasteiger partial charge in [0.05, 0.1) is 5.41 Å². The first-order valence-corrected chi connectivity index (χ1v) is 16.2. The molecule has 0 bridgehead atoms. The van der Waals surface area contributed by atoms with E-state index in [2.05, 4.69) is 187 Å². The normalized spacial score (nSPS) is 17.6. The SMILES string of the molecule is CN1/C(=C/C=C/C2=[N+](C)c3ccc(Br)cc3C2(Cc2ccccc2)Cc2ccccc2)C(C)(C)c2c1ccc1ccccc21. The summed E-state index contributed by atoms with van der Waals surface area (Å²) in [6, 6.07) is 42.0. The molecule has 0 radical (unpaired) electrons. The van der Waals surface area contributed by atoms with Crippen molar-refractivity contribution in [3.8, 4) is 0 Å². The molecule has 0 aliphatic carbocycles. The molecule has 2 aliphatic rings. The van der Waals surface area contributed by atoms with E-state index >= 15 is 0 Å². The smallest absolute Gasteiger partial charge is 0.209 e. The van der Waals surface area contributed by atoms with E-state index in [1.54, 1.807) is 0 Å². The highest BCUT2D eigenvalue weighted by Crippen LogP contribution is 2.50. The molecule has 2 heterocycles.